The van der Waals surface area contributed by atoms with E-state index in [2.05, 4.69) is 9.55 Å². The molecule has 0 unspecified atom stereocenters. The Morgan fingerprint density at radius 1 is 1.37 bits per heavy atom. The van der Waals surface area contributed by atoms with Gasteiger partial charge in [0.25, 0.3) is 0 Å². The van der Waals surface area contributed by atoms with E-state index in [0.29, 0.717) is 18.9 Å². The molecule has 0 radical (unpaired) electrons. The van der Waals surface area contributed by atoms with Gasteiger partial charge in [-0.15, -0.1) is 11.3 Å². The number of methoxy groups -OCH3 is 1. The van der Waals surface area contributed by atoms with Crippen molar-refractivity contribution in [1.29, 1.82) is 0 Å². The van der Waals surface area contributed by atoms with E-state index in [1.54, 1.807) is 24.6 Å². The van der Waals surface area contributed by atoms with Crippen LogP contribution in [0.3, 0.4) is 0 Å². The third-order valence-electron chi connectivity index (χ3n) is 5.12. The van der Waals surface area contributed by atoms with Crippen molar-refractivity contribution >= 4 is 28.4 Å². The van der Waals surface area contributed by atoms with Crippen molar-refractivity contribution in [3.8, 4) is 0 Å². The lowest BCUT2D eigenvalue weighted by Gasteiger charge is -2.16. The molecule has 6 nitrogen and oxygen atoms in total. The van der Waals surface area contributed by atoms with E-state index in [1.807, 2.05) is 34.5 Å². The number of thiophene rings is 1. The van der Waals surface area contributed by atoms with Crippen LogP contribution in [0, 0.1) is 5.92 Å². The number of carbonyl (C=O) groups excluding carboxylic acids is 1. The zero-order valence-electron chi connectivity index (χ0n) is 15.5. The van der Waals surface area contributed by atoms with Gasteiger partial charge in [0.1, 0.15) is 11.3 Å². The zero-order chi connectivity index (χ0) is 18.6. The number of ether oxygens (including phenoxy) is 1. The fourth-order valence-corrected chi connectivity index (χ4v) is 4.43. The third-order valence-corrected chi connectivity index (χ3v) is 5.99. The second-order valence-corrected chi connectivity index (χ2v) is 8.01. The number of fused-ring (bicyclic) bond motifs is 1. The van der Waals surface area contributed by atoms with Gasteiger partial charge in [-0.2, -0.15) is 0 Å². The number of likely N-dealkylation sites (tertiary alicyclic amines) is 1. The SMILES string of the molecule is COCCn1c(C[C@H]2CCN(C(=O)Cc3cccs3)C2)nc2cccnc21. The quantitative estimate of drug-likeness (QED) is 0.628. The highest BCUT2D eigenvalue weighted by Gasteiger charge is 2.28. The highest BCUT2D eigenvalue weighted by Crippen LogP contribution is 2.24. The van der Waals surface area contributed by atoms with E-state index in [4.69, 9.17) is 9.72 Å². The van der Waals surface area contributed by atoms with E-state index >= 15 is 0 Å². The molecule has 3 aromatic heterocycles. The fraction of sp³-hybridized carbons (Fsp3) is 0.450. The topological polar surface area (TPSA) is 60.2 Å². The highest BCUT2D eigenvalue weighted by atomic mass is 32.1. The van der Waals surface area contributed by atoms with Crippen LogP contribution in [-0.4, -0.2) is 52.1 Å². The Morgan fingerprint density at radius 2 is 2.30 bits per heavy atom. The van der Waals surface area contributed by atoms with Gasteiger partial charge >= 0.3 is 0 Å². The van der Waals surface area contributed by atoms with Crippen LogP contribution in [0.2, 0.25) is 0 Å². The number of rotatable bonds is 7. The van der Waals surface area contributed by atoms with Gasteiger partial charge in [0, 0.05) is 44.2 Å². The first-order chi connectivity index (χ1) is 13.2. The van der Waals surface area contributed by atoms with Crippen molar-refractivity contribution in [2.75, 3.05) is 26.8 Å². The second kappa shape index (κ2) is 8.19. The molecule has 0 N–H and O–H groups in total. The van der Waals surface area contributed by atoms with Crippen LogP contribution >= 0.6 is 11.3 Å². The molecule has 1 aliphatic heterocycles. The average Bonchev–Trinajstić information content (AvgIpc) is 3.40. The first-order valence-corrected chi connectivity index (χ1v) is 10.2. The minimum absolute atomic E-state index is 0.231. The maximum Gasteiger partial charge on any atom is 0.227 e. The summed E-state index contributed by atoms with van der Waals surface area (Å²) >= 11 is 1.65. The minimum atomic E-state index is 0.231. The molecule has 4 heterocycles. The Labute approximate surface area is 162 Å². The summed E-state index contributed by atoms with van der Waals surface area (Å²) in [5.74, 6) is 1.71. The number of hydrogen-bond acceptors (Lipinski definition) is 5. The van der Waals surface area contributed by atoms with Gasteiger partial charge < -0.3 is 14.2 Å². The summed E-state index contributed by atoms with van der Waals surface area (Å²) in [7, 11) is 1.71. The van der Waals surface area contributed by atoms with Gasteiger partial charge in [0.05, 0.1) is 13.0 Å². The van der Waals surface area contributed by atoms with Gasteiger partial charge in [0.2, 0.25) is 5.91 Å². The van der Waals surface area contributed by atoms with Crippen LogP contribution in [0.15, 0.2) is 35.8 Å². The Balaban J connectivity index is 1.44. The molecule has 0 bridgehead atoms. The molecule has 1 aliphatic rings. The van der Waals surface area contributed by atoms with Crippen molar-refractivity contribution in [3.05, 3.63) is 46.5 Å². The molecule has 27 heavy (non-hydrogen) atoms. The molecular weight excluding hydrogens is 360 g/mol. The lowest BCUT2D eigenvalue weighted by atomic mass is 10.0. The molecule has 0 aliphatic carbocycles. The molecule has 1 amide bonds. The first-order valence-electron chi connectivity index (χ1n) is 9.34. The zero-order valence-corrected chi connectivity index (χ0v) is 16.3. The number of hydrogen-bond donors (Lipinski definition) is 0. The summed E-state index contributed by atoms with van der Waals surface area (Å²) in [6.45, 7) is 3.02. The van der Waals surface area contributed by atoms with E-state index in [-0.39, 0.29) is 5.91 Å². The van der Waals surface area contributed by atoms with Crippen LogP contribution < -0.4 is 0 Å². The maximum absolute atomic E-state index is 12.5. The molecule has 1 atom stereocenters. The van der Waals surface area contributed by atoms with Gasteiger partial charge in [0.15, 0.2) is 5.65 Å². The largest absolute Gasteiger partial charge is 0.383 e. The van der Waals surface area contributed by atoms with Gasteiger partial charge in [-0.25, -0.2) is 9.97 Å². The molecule has 1 saturated heterocycles. The van der Waals surface area contributed by atoms with E-state index in [0.717, 1.165) is 54.3 Å². The molecule has 0 saturated carbocycles. The first kappa shape index (κ1) is 18.1. The number of carbonyl (C=O) groups is 1. The summed E-state index contributed by atoms with van der Waals surface area (Å²) in [4.78, 5) is 25.0. The van der Waals surface area contributed by atoms with Crippen LogP contribution in [0.5, 0.6) is 0 Å². The molecule has 7 heteroatoms. The van der Waals surface area contributed by atoms with E-state index < -0.39 is 0 Å². The maximum atomic E-state index is 12.5. The standard InChI is InChI=1S/C20H24N4O2S/c1-26-10-9-24-18(22-17-5-2-7-21-20(17)24)12-15-6-8-23(14-15)19(25)13-16-4-3-11-27-16/h2-5,7,11,15H,6,8-10,12-14H2,1H3/t15-/m1/s1. The lowest BCUT2D eigenvalue weighted by molar-refractivity contribution is -0.129. The van der Waals surface area contributed by atoms with Crippen molar-refractivity contribution in [2.45, 2.75) is 25.8 Å². The Kier molecular flexibility index (Phi) is 5.50. The van der Waals surface area contributed by atoms with Crippen LogP contribution in [0.1, 0.15) is 17.1 Å². The molecular formula is C20H24N4O2S. The Morgan fingerprint density at radius 3 is 3.11 bits per heavy atom. The third kappa shape index (κ3) is 4.04. The lowest BCUT2D eigenvalue weighted by Crippen LogP contribution is -2.30. The number of aromatic nitrogens is 3. The summed E-state index contributed by atoms with van der Waals surface area (Å²) in [5, 5.41) is 2.02. The van der Waals surface area contributed by atoms with Gasteiger partial charge in [-0.3, -0.25) is 4.79 Å². The average molecular weight is 385 g/mol. The molecule has 0 spiro atoms. The summed E-state index contributed by atoms with van der Waals surface area (Å²) in [6.07, 6.45) is 4.21. The molecule has 1 fully saturated rings. The number of nitrogens with zero attached hydrogens (tertiary/aromatic N) is 4. The van der Waals surface area contributed by atoms with E-state index in [9.17, 15) is 4.79 Å². The molecule has 0 aromatic carbocycles. The highest BCUT2D eigenvalue weighted by molar-refractivity contribution is 7.10. The molecule has 3 aromatic rings. The minimum Gasteiger partial charge on any atom is -0.383 e. The summed E-state index contributed by atoms with van der Waals surface area (Å²) in [6, 6.07) is 7.95. The summed E-state index contributed by atoms with van der Waals surface area (Å²) < 4.78 is 7.42. The predicted octanol–water partition coefficient (Wildman–Crippen LogP) is 2.77. The Hall–Kier alpha value is -2.25. The summed E-state index contributed by atoms with van der Waals surface area (Å²) in [5.41, 5.74) is 1.83. The van der Waals surface area contributed by atoms with Crippen LogP contribution in [-0.2, 0) is 28.9 Å². The number of imidazole rings is 1. The second-order valence-electron chi connectivity index (χ2n) is 6.97. The van der Waals surface area contributed by atoms with Crippen molar-refractivity contribution in [2.24, 2.45) is 5.92 Å². The number of amides is 1. The van der Waals surface area contributed by atoms with Gasteiger partial charge in [-0.05, 0) is 35.9 Å². The smallest absolute Gasteiger partial charge is 0.227 e. The molecule has 4 rings (SSSR count). The molecule has 142 valence electrons. The van der Waals surface area contributed by atoms with Crippen LogP contribution in [0.25, 0.3) is 11.2 Å². The van der Waals surface area contributed by atoms with Crippen molar-refractivity contribution in [3.63, 3.8) is 0 Å². The van der Waals surface area contributed by atoms with E-state index in [1.165, 1.54) is 0 Å². The monoisotopic (exact) mass is 384 g/mol. The van der Waals surface area contributed by atoms with Gasteiger partial charge in [-0.1, -0.05) is 6.07 Å². The normalized spacial score (nSPS) is 17.1. The Bertz CT molecular complexity index is 906. The predicted molar refractivity (Wildman–Crippen MR) is 106 cm³/mol. The van der Waals surface area contributed by atoms with Crippen molar-refractivity contribution < 1.29 is 9.53 Å². The van der Waals surface area contributed by atoms with Crippen molar-refractivity contribution in [1.82, 2.24) is 19.4 Å². The fourth-order valence-electron chi connectivity index (χ4n) is 3.74. The van der Waals surface area contributed by atoms with Crippen LogP contribution in [0.4, 0.5) is 0 Å². The number of pyridine rings is 1.